The molecule has 0 saturated carbocycles. The van der Waals surface area contributed by atoms with Gasteiger partial charge in [-0.25, -0.2) is 0 Å². The molecule has 30 heavy (non-hydrogen) atoms. The molecule has 1 unspecified atom stereocenters. The van der Waals surface area contributed by atoms with Crippen molar-refractivity contribution < 1.29 is 19.1 Å². The molecule has 1 aliphatic heterocycles. The van der Waals surface area contributed by atoms with Crippen LogP contribution in [0.3, 0.4) is 0 Å². The van der Waals surface area contributed by atoms with Crippen LogP contribution < -0.4 is 20.1 Å². The van der Waals surface area contributed by atoms with Crippen molar-refractivity contribution in [3.05, 3.63) is 47.5 Å². The van der Waals surface area contributed by atoms with Crippen molar-refractivity contribution in [2.24, 2.45) is 0 Å². The largest absolute Gasteiger partial charge is 0.490 e. The molecule has 0 fully saturated rings. The first-order valence-electron chi connectivity index (χ1n) is 10.3. The van der Waals surface area contributed by atoms with Crippen LogP contribution in [-0.4, -0.2) is 30.8 Å². The van der Waals surface area contributed by atoms with E-state index in [1.165, 1.54) is 11.8 Å². The smallest absolute Gasteiger partial charge is 0.251 e. The van der Waals surface area contributed by atoms with E-state index in [1.807, 2.05) is 31.2 Å². The Balaban J connectivity index is 1.73. The normalized spacial score (nSPS) is 13.8. The fraction of sp³-hybridized carbons (Fsp3) is 0.391. The fourth-order valence-corrected chi connectivity index (χ4v) is 3.83. The minimum atomic E-state index is -0.221. The Morgan fingerprint density at radius 1 is 1.10 bits per heavy atom. The fourth-order valence-electron chi connectivity index (χ4n) is 3.04. The molecule has 0 bridgehead atoms. The van der Waals surface area contributed by atoms with Crippen LogP contribution in [0.15, 0.2) is 41.3 Å². The topological polar surface area (TPSA) is 76.7 Å². The molecule has 2 aromatic rings. The molecular formula is C23H28N2O4S. The van der Waals surface area contributed by atoms with Gasteiger partial charge in [-0.1, -0.05) is 19.9 Å². The second-order valence-corrected chi connectivity index (χ2v) is 8.16. The lowest BCUT2D eigenvalue weighted by Gasteiger charge is -2.19. The van der Waals surface area contributed by atoms with Crippen molar-refractivity contribution in [2.45, 2.75) is 44.6 Å². The standard InChI is InChI=1S/C23H28N2O4S/c1-4-10-28-19-8-6-16(13-20(19)29-11-5-2)15(3)24-23(27)17-7-9-21-18(12-17)25-22(26)14-30-21/h6-9,12-13,15H,4-5,10-11,14H2,1-3H3,(H,24,27)(H,25,26). The molecule has 0 spiro atoms. The van der Waals surface area contributed by atoms with Gasteiger partial charge in [0.25, 0.3) is 5.91 Å². The number of rotatable bonds is 9. The van der Waals surface area contributed by atoms with Gasteiger partial charge in [-0.2, -0.15) is 0 Å². The zero-order valence-electron chi connectivity index (χ0n) is 17.6. The summed E-state index contributed by atoms with van der Waals surface area (Å²) in [6.45, 7) is 7.27. The number of hydrogen-bond acceptors (Lipinski definition) is 5. The predicted octanol–water partition coefficient (Wildman–Crippen LogP) is 4.80. The van der Waals surface area contributed by atoms with Gasteiger partial charge in [-0.3, -0.25) is 9.59 Å². The molecule has 1 heterocycles. The molecule has 160 valence electrons. The molecule has 1 aliphatic rings. The van der Waals surface area contributed by atoms with E-state index in [-0.39, 0.29) is 17.9 Å². The SMILES string of the molecule is CCCOc1ccc(C(C)NC(=O)c2ccc3c(c2)NC(=O)CS3)cc1OCCC. The highest BCUT2D eigenvalue weighted by Gasteiger charge is 2.19. The van der Waals surface area contributed by atoms with Gasteiger partial charge in [0.2, 0.25) is 5.91 Å². The number of carbonyl (C=O) groups is 2. The predicted molar refractivity (Wildman–Crippen MR) is 120 cm³/mol. The van der Waals surface area contributed by atoms with Crippen LogP contribution in [0, 0.1) is 0 Å². The quantitative estimate of drug-likeness (QED) is 0.600. The number of amides is 2. The van der Waals surface area contributed by atoms with Gasteiger partial charge in [-0.05, 0) is 55.7 Å². The highest BCUT2D eigenvalue weighted by Crippen LogP contribution is 2.33. The monoisotopic (exact) mass is 428 g/mol. The lowest BCUT2D eigenvalue weighted by Crippen LogP contribution is -2.27. The molecule has 7 heteroatoms. The number of thioether (sulfide) groups is 1. The first-order chi connectivity index (χ1) is 14.5. The molecule has 0 saturated heterocycles. The Morgan fingerprint density at radius 2 is 1.83 bits per heavy atom. The first-order valence-corrected chi connectivity index (χ1v) is 11.3. The van der Waals surface area contributed by atoms with Crippen LogP contribution in [0.25, 0.3) is 0 Å². The van der Waals surface area contributed by atoms with Crippen LogP contribution >= 0.6 is 11.8 Å². The maximum absolute atomic E-state index is 12.8. The molecule has 2 aromatic carbocycles. The van der Waals surface area contributed by atoms with Crippen molar-refractivity contribution in [3.63, 3.8) is 0 Å². The van der Waals surface area contributed by atoms with Crippen LogP contribution in [0.4, 0.5) is 5.69 Å². The summed E-state index contributed by atoms with van der Waals surface area (Å²) in [5.41, 5.74) is 2.12. The van der Waals surface area contributed by atoms with Crippen LogP contribution in [-0.2, 0) is 4.79 Å². The summed E-state index contributed by atoms with van der Waals surface area (Å²) in [5.74, 6) is 1.56. The van der Waals surface area contributed by atoms with Gasteiger partial charge in [0.05, 0.1) is 30.7 Å². The zero-order chi connectivity index (χ0) is 21.5. The number of hydrogen-bond donors (Lipinski definition) is 2. The van der Waals surface area contributed by atoms with Gasteiger partial charge in [-0.15, -0.1) is 11.8 Å². The van der Waals surface area contributed by atoms with Gasteiger partial charge in [0.15, 0.2) is 11.5 Å². The highest BCUT2D eigenvalue weighted by atomic mass is 32.2. The number of benzene rings is 2. The summed E-state index contributed by atoms with van der Waals surface area (Å²) in [5, 5.41) is 5.84. The molecule has 2 N–H and O–H groups in total. The van der Waals surface area contributed by atoms with Gasteiger partial charge >= 0.3 is 0 Å². The summed E-state index contributed by atoms with van der Waals surface area (Å²) in [7, 11) is 0. The minimum Gasteiger partial charge on any atom is -0.490 e. The third-order valence-electron chi connectivity index (χ3n) is 4.61. The maximum Gasteiger partial charge on any atom is 0.251 e. The molecule has 0 radical (unpaired) electrons. The molecule has 1 atom stereocenters. The van der Waals surface area contributed by atoms with Crippen molar-refractivity contribution in [3.8, 4) is 11.5 Å². The van der Waals surface area contributed by atoms with E-state index in [9.17, 15) is 9.59 Å². The van der Waals surface area contributed by atoms with Crippen molar-refractivity contribution in [2.75, 3.05) is 24.3 Å². The molecular weight excluding hydrogens is 400 g/mol. The lowest BCUT2D eigenvalue weighted by atomic mass is 10.1. The van der Waals surface area contributed by atoms with E-state index in [0.717, 1.165) is 29.1 Å². The van der Waals surface area contributed by atoms with Crippen LogP contribution in [0.5, 0.6) is 11.5 Å². The Morgan fingerprint density at radius 3 is 2.57 bits per heavy atom. The number of anilines is 1. The second kappa shape index (κ2) is 10.4. The molecule has 0 aromatic heterocycles. The first kappa shape index (κ1) is 22.0. The molecule has 0 aliphatic carbocycles. The number of carbonyl (C=O) groups excluding carboxylic acids is 2. The molecule has 3 rings (SSSR count). The van der Waals surface area contributed by atoms with Gasteiger partial charge in [0, 0.05) is 10.5 Å². The molecule has 2 amide bonds. The average molecular weight is 429 g/mol. The Kier molecular flexibility index (Phi) is 7.63. The van der Waals surface area contributed by atoms with Crippen molar-refractivity contribution in [1.82, 2.24) is 5.32 Å². The lowest BCUT2D eigenvalue weighted by molar-refractivity contribution is -0.113. The van der Waals surface area contributed by atoms with E-state index in [2.05, 4.69) is 24.5 Å². The number of nitrogens with one attached hydrogen (secondary N) is 2. The van der Waals surface area contributed by atoms with E-state index in [4.69, 9.17) is 9.47 Å². The van der Waals surface area contributed by atoms with E-state index >= 15 is 0 Å². The number of fused-ring (bicyclic) bond motifs is 1. The summed E-state index contributed by atoms with van der Waals surface area (Å²) in [4.78, 5) is 25.4. The third-order valence-corrected chi connectivity index (χ3v) is 5.69. The highest BCUT2D eigenvalue weighted by molar-refractivity contribution is 8.00. The van der Waals surface area contributed by atoms with Crippen LogP contribution in [0.2, 0.25) is 0 Å². The van der Waals surface area contributed by atoms with Gasteiger partial charge in [0.1, 0.15) is 0 Å². The Bertz CT molecular complexity index is 916. The zero-order valence-corrected chi connectivity index (χ0v) is 18.4. The van der Waals surface area contributed by atoms with E-state index < -0.39 is 0 Å². The Labute approximate surface area is 181 Å². The summed E-state index contributed by atoms with van der Waals surface area (Å²) in [6, 6.07) is 10.9. The van der Waals surface area contributed by atoms with E-state index in [0.29, 0.717) is 36.0 Å². The summed E-state index contributed by atoms with van der Waals surface area (Å²) >= 11 is 1.47. The van der Waals surface area contributed by atoms with E-state index in [1.54, 1.807) is 12.1 Å². The van der Waals surface area contributed by atoms with Crippen molar-refractivity contribution in [1.29, 1.82) is 0 Å². The number of ether oxygens (including phenoxy) is 2. The average Bonchev–Trinajstić information content (AvgIpc) is 2.75. The van der Waals surface area contributed by atoms with Gasteiger partial charge < -0.3 is 20.1 Å². The van der Waals surface area contributed by atoms with Crippen molar-refractivity contribution >= 4 is 29.3 Å². The summed E-state index contributed by atoms with van der Waals surface area (Å²) in [6.07, 6.45) is 1.82. The maximum atomic E-state index is 12.8. The summed E-state index contributed by atoms with van der Waals surface area (Å²) < 4.78 is 11.6. The minimum absolute atomic E-state index is 0.0524. The van der Waals surface area contributed by atoms with Crippen LogP contribution in [0.1, 0.15) is 55.6 Å². The molecule has 6 nitrogen and oxygen atoms in total. The Hall–Kier alpha value is -2.67. The third kappa shape index (κ3) is 5.48. The second-order valence-electron chi connectivity index (χ2n) is 7.15.